The highest BCUT2D eigenvalue weighted by Crippen LogP contribution is 2.23. The average molecular weight is 430 g/mol. The van der Waals surface area contributed by atoms with Crippen LogP contribution in [0.3, 0.4) is 0 Å². The molecular formula is C19H25Cl2N3O4. The molecule has 0 bridgehead atoms. The lowest BCUT2D eigenvalue weighted by atomic mass is 10.0. The van der Waals surface area contributed by atoms with Gasteiger partial charge in [0.2, 0.25) is 5.91 Å². The number of carbonyl (C=O) groups excluding carboxylic acids is 3. The van der Waals surface area contributed by atoms with Crippen molar-refractivity contribution >= 4 is 41.1 Å². The third-order valence-corrected chi connectivity index (χ3v) is 4.66. The lowest BCUT2D eigenvalue weighted by molar-refractivity contribution is -0.121. The van der Waals surface area contributed by atoms with E-state index in [0.29, 0.717) is 41.5 Å². The van der Waals surface area contributed by atoms with E-state index in [0.717, 1.165) is 0 Å². The van der Waals surface area contributed by atoms with Gasteiger partial charge in [-0.05, 0) is 51.8 Å². The van der Waals surface area contributed by atoms with E-state index in [4.69, 9.17) is 27.9 Å². The quantitative estimate of drug-likeness (QED) is 0.768. The van der Waals surface area contributed by atoms with Crippen LogP contribution < -0.4 is 10.6 Å². The summed E-state index contributed by atoms with van der Waals surface area (Å²) in [6.07, 6.45) is 0.589. The fraction of sp³-hybridized carbons (Fsp3) is 0.526. The molecule has 1 aliphatic rings. The smallest absolute Gasteiger partial charge is 0.408 e. The van der Waals surface area contributed by atoms with Gasteiger partial charge in [0.25, 0.3) is 5.91 Å². The molecule has 0 spiro atoms. The Labute approximate surface area is 174 Å². The Bertz CT molecular complexity index is 741. The lowest BCUT2D eigenvalue weighted by Gasteiger charge is -2.32. The first-order chi connectivity index (χ1) is 13.0. The van der Waals surface area contributed by atoms with Crippen molar-refractivity contribution in [1.82, 2.24) is 15.5 Å². The Morgan fingerprint density at radius 1 is 1.18 bits per heavy atom. The van der Waals surface area contributed by atoms with Crippen molar-refractivity contribution < 1.29 is 19.1 Å². The molecule has 0 saturated carbocycles. The van der Waals surface area contributed by atoms with Gasteiger partial charge in [-0.25, -0.2) is 4.79 Å². The second-order valence-electron chi connectivity index (χ2n) is 7.61. The summed E-state index contributed by atoms with van der Waals surface area (Å²) >= 11 is 12.1. The molecule has 2 rings (SSSR count). The monoisotopic (exact) mass is 429 g/mol. The van der Waals surface area contributed by atoms with Crippen molar-refractivity contribution in [1.29, 1.82) is 0 Å². The molecule has 0 aromatic heterocycles. The van der Waals surface area contributed by atoms with Crippen molar-refractivity contribution in [3.05, 3.63) is 33.8 Å². The molecule has 1 aliphatic heterocycles. The van der Waals surface area contributed by atoms with Crippen molar-refractivity contribution in [3.8, 4) is 0 Å². The van der Waals surface area contributed by atoms with Crippen molar-refractivity contribution in [2.75, 3.05) is 19.6 Å². The Balaban J connectivity index is 1.77. The number of nitrogens with one attached hydrogen (secondary N) is 2. The van der Waals surface area contributed by atoms with Crippen LogP contribution in [0.25, 0.3) is 0 Å². The molecule has 7 nitrogen and oxygen atoms in total. The van der Waals surface area contributed by atoms with Crippen LogP contribution in [-0.4, -0.2) is 54.1 Å². The number of likely N-dealkylation sites (tertiary alicyclic amines) is 1. The Hall–Kier alpha value is -1.99. The predicted molar refractivity (Wildman–Crippen MR) is 108 cm³/mol. The number of amides is 3. The minimum absolute atomic E-state index is 0.0631. The standard InChI is InChI=1S/C19H25Cl2N3O4/c1-19(2,3)28-18(27)22-11-16(25)23-13-6-8-24(9-7-13)17(26)14-10-12(20)4-5-15(14)21/h4-5,10,13H,6-9,11H2,1-3H3,(H,22,27)(H,23,25). The molecule has 154 valence electrons. The van der Waals surface area contributed by atoms with Gasteiger partial charge in [0.1, 0.15) is 12.1 Å². The number of rotatable bonds is 4. The van der Waals surface area contributed by atoms with Gasteiger partial charge in [0.05, 0.1) is 10.6 Å². The summed E-state index contributed by atoms with van der Waals surface area (Å²) in [4.78, 5) is 37.9. The van der Waals surface area contributed by atoms with E-state index in [1.165, 1.54) is 0 Å². The van der Waals surface area contributed by atoms with Crippen molar-refractivity contribution in [3.63, 3.8) is 0 Å². The van der Waals surface area contributed by atoms with Crippen LogP contribution in [0.5, 0.6) is 0 Å². The molecule has 0 unspecified atom stereocenters. The molecule has 3 amide bonds. The zero-order valence-electron chi connectivity index (χ0n) is 16.2. The van der Waals surface area contributed by atoms with Crippen LogP contribution in [0, 0.1) is 0 Å². The molecule has 28 heavy (non-hydrogen) atoms. The summed E-state index contributed by atoms with van der Waals surface area (Å²) in [5, 5.41) is 6.10. The first-order valence-electron chi connectivity index (χ1n) is 9.05. The van der Waals surface area contributed by atoms with Crippen LogP contribution >= 0.6 is 23.2 Å². The largest absolute Gasteiger partial charge is 0.444 e. The van der Waals surface area contributed by atoms with Crippen LogP contribution in [-0.2, 0) is 9.53 Å². The van der Waals surface area contributed by atoms with Gasteiger partial charge in [-0.15, -0.1) is 0 Å². The van der Waals surface area contributed by atoms with Gasteiger partial charge >= 0.3 is 6.09 Å². The summed E-state index contributed by atoms with van der Waals surface area (Å²) < 4.78 is 5.08. The number of nitrogens with zero attached hydrogens (tertiary/aromatic N) is 1. The molecule has 9 heteroatoms. The van der Waals surface area contributed by atoms with E-state index in [1.54, 1.807) is 43.9 Å². The third kappa shape index (κ3) is 6.87. The highest BCUT2D eigenvalue weighted by molar-refractivity contribution is 6.35. The highest BCUT2D eigenvalue weighted by atomic mass is 35.5. The summed E-state index contributed by atoms with van der Waals surface area (Å²) in [6.45, 7) is 6.07. The summed E-state index contributed by atoms with van der Waals surface area (Å²) in [7, 11) is 0. The fourth-order valence-electron chi connectivity index (χ4n) is 2.80. The molecule has 1 aromatic rings. The normalized spacial score (nSPS) is 15.1. The summed E-state index contributed by atoms with van der Waals surface area (Å²) in [5.41, 5.74) is -0.246. The van der Waals surface area contributed by atoms with Crippen molar-refractivity contribution in [2.45, 2.75) is 45.3 Å². The number of alkyl carbamates (subject to hydrolysis) is 1. The number of halogens is 2. The SMILES string of the molecule is CC(C)(C)OC(=O)NCC(=O)NC1CCN(C(=O)c2cc(Cl)ccc2Cl)CC1. The fourth-order valence-corrected chi connectivity index (χ4v) is 3.17. The topological polar surface area (TPSA) is 87.7 Å². The van der Waals surface area contributed by atoms with E-state index in [9.17, 15) is 14.4 Å². The van der Waals surface area contributed by atoms with Gasteiger partial charge in [0.15, 0.2) is 0 Å². The van der Waals surface area contributed by atoms with Gasteiger partial charge in [-0.2, -0.15) is 0 Å². The molecule has 0 atom stereocenters. The number of ether oxygens (including phenoxy) is 1. The lowest BCUT2D eigenvalue weighted by Crippen LogP contribution is -2.49. The molecule has 1 aromatic carbocycles. The van der Waals surface area contributed by atoms with Gasteiger partial charge in [-0.1, -0.05) is 23.2 Å². The third-order valence-electron chi connectivity index (χ3n) is 4.10. The minimum atomic E-state index is -0.638. The van der Waals surface area contributed by atoms with Crippen molar-refractivity contribution in [2.24, 2.45) is 0 Å². The number of hydrogen-bond donors (Lipinski definition) is 2. The first kappa shape index (κ1) is 22.3. The maximum atomic E-state index is 12.6. The second-order valence-corrected chi connectivity index (χ2v) is 8.46. The molecule has 1 fully saturated rings. The number of hydrogen-bond acceptors (Lipinski definition) is 4. The van der Waals surface area contributed by atoms with E-state index < -0.39 is 11.7 Å². The van der Waals surface area contributed by atoms with E-state index in [2.05, 4.69) is 10.6 Å². The number of piperidine rings is 1. The van der Waals surface area contributed by atoms with E-state index in [-0.39, 0.29) is 24.4 Å². The van der Waals surface area contributed by atoms with Crippen LogP contribution in [0.4, 0.5) is 4.79 Å². The molecule has 1 heterocycles. The molecule has 0 radical (unpaired) electrons. The van der Waals surface area contributed by atoms with Crippen LogP contribution in [0.2, 0.25) is 10.0 Å². The minimum Gasteiger partial charge on any atom is -0.444 e. The Kier molecular flexibility index (Phi) is 7.55. The molecule has 2 N–H and O–H groups in total. The Morgan fingerprint density at radius 3 is 2.43 bits per heavy atom. The van der Waals surface area contributed by atoms with Gasteiger partial charge in [0, 0.05) is 24.2 Å². The first-order valence-corrected chi connectivity index (χ1v) is 9.81. The molecule has 1 saturated heterocycles. The van der Waals surface area contributed by atoms with E-state index in [1.807, 2.05) is 0 Å². The average Bonchev–Trinajstić information content (AvgIpc) is 2.61. The van der Waals surface area contributed by atoms with Crippen LogP contribution in [0.15, 0.2) is 18.2 Å². The summed E-state index contributed by atoms with van der Waals surface area (Å²) in [5.74, 6) is -0.475. The van der Waals surface area contributed by atoms with Gasteiger partial charge < -0.3 is 20.3 Å². The molecule has 0 aliphatic carbocycles. The maximum absolute atomic E-state index is 12.6. The number of benzene rings is 1. The Morgan fingerprint density at radius 2 is 1.82 bits per heavy atom. The highest BCUT2D eigenvalue weighted by Gasteiger charge is 2.26. The second kappa shape index (κ2) is 9.47. The van der Waals surface area contributed by atoms with Crippen LogP contribution in [0.1, 0.15) is 44.0 Å². The molecular weight excluding hydrogens is 405 g/mol. The number of carbonyl (C=O) groups is 3. The zero-order chi connectivity index (χ0) is 20.9. The van der Waals surface area contributed by atoms with Gasteiger partial charge in [-0.3, -0.25) is 9.59 Å². The van der Waals surface area contributed by atoms with E-state index >= 15 is 0 Å². The maximum Gasteiger partial charge on any atom is 0.408 e. The zero-order valence-corrected chi connectivity index (χ0v) is 17.7. The summed E-state index contributed by atoms with van der Waals surface area (Å²) in [6, 6.07) is 4.73. The predicted octanol–water partition coefficient (Wildman–Crippen LogP) is 3.24.